The van der Waals surface area contributed by atoms with Crippen LogP contribution in [0.2, 0.25) is 0 Å². The molecule has 3 N–H and O–H groups in total. The molecule has 0 aromatic heterocycles. The number of benzene rings is 1. The number of carbonyl (C=O) groups is 1. The van der Waals surface area contributed by atoms with Gasteiger partial charge in [0.25, 0.3) is 11.6 Å². The van der Waals surface area contributed by atoms with E-state index in [0.29, 0.717) is 0 Å². The van der Waals surface area contributed by atoms with Gasteiger partial charge in [0.15, 0.2) is 0 Å². The lowest BCUT2D eigenvalue weighted by atomic mass is 10.1. The van der Waals surface area contributed by atoms with Crippen LogP contribution in [-0.4, -0.2) is 53.4 Å². The molecule has 0 spiro atoms. The van der Waals surface area contributed by atoms with Crippen LogP contribution in [0, 0.1) is 10.1 Å². The molecule has 2 unspecified atom stereocenters. The Morgan fingerprint density at radius 2 is 2.00 bits per heavy atom. The van der Waals surface area contributed by atoms with Gasteiger partial charge in [0.05, 0.1) is 17.1 Å². The number of nitrogens with one attached hydrogen (secondary N) is 1. The van der Waals surface area contributed by atoms with Gasteiger partial charge in [-0.25, -0.2) is 0 Å². The fourth-order valence-corrected chi connectivity index (χ4v) is 2.18. The number of amides is 1. The van der Waals surface area contributed by atoms with E-state index < -0.39 is 17.1 Å². The summed E-state index contributed by atoms with van der Waals surface area (Å²) in [5.41, 5.74) is 0.328. The van der Waals surface area contributed by atoms with E-state index in [1.807, 2.05) is 0 Å². The molecule has 0 aliphatic carbocycles. The van der Waals surface area contributed by atoms with Gasteiger partial charge in [-0.1, -0.05) is 0 Å². The van der Waals surface area contributed by atoms with Gasteiger partial charge in [-0.2, -0.15) is 0 Å². The molecule has 2 rings (SSSR count). The van der Waals surface area contributed by atoms with Gasteiger partial charge >= 0.3 is 0 Å². The van der Waals surface area contributed by atoms with Crippen molar-refractivity contribution in [3.8, 4) is 0 Å². The van der Waals surface area contributed by atoms with Gasteiger partial charge in [0, 0.05) is 31.8 Å². The summed E-state index contributed by atoms with van der Waals surface area (Å²) in [5, 5.41) is 32.6. The van der Waals surface area contributed by atoms with Crippen molar-refractivity contribution in [3.05, 3.63) is 33.9 Å². The molecule has 8 nitrogen and oxygen atoms in total. The van der Waals surface area contributed by atoms with Crippen molar-refractivity contribution in [3.63, 3.8) is 0 Å². The van der Waals surface area contributed by atoms with Gasteiger partial charge in [0.1, 0.15) is 5.69 Å². The van der Waals surface area contributed by atoms with Crippen molar-refractivity contribution in [1.29, 1.82) is 0 Å². The standard InChI is InChI=1S/C12H15N3O5/c1-13-12(18)7-2-3-8(15(19)20)9(4-7)14-5-10(16)11(17)6-14/h2-4,10-11,16-17H,5-6H2,1H3,(H,13,18). The number of aliphatic hydroxyl groups excluding tert-OH is 2. The molecular weight excluding hydrogens is 266 g/mol. The zero-order valence-corrected chi connectivity index (χ0v) is 10.8. The zero-order chi connectivity index (χ0) is 14.9. The molecule has 1 fully saturated rings. The molecule has 0 bridgehead atoms. The average molecular weight is 281 g/mol. The molecule has 0 saturated carbocycles. The maximum atomic E-state index is 11.6. The number of rotatable bonds is 3. The van der Waals surface area contributed by atoms with Crippen LogP contribution in [0.3, 0.4) is 0 Å². The molecule has 1 heterocycles. The lowest BCUT2D eigenvalue weighted by Gasteiger charge is -2.18. The number of hydrogen-bond acceptors (Lipinski definition) is 6. The molecule has 1 aliphatic rings. The van der Waals surface area contributed by atoms with Crippen LogP contribution in [0.4, 0.5) is 11.4 Å². The monoisotopic (exact) mass is 281 g/mol. The zero-order valence-electron chi connectivity index (χ0n) is 10.8. The summed E-state index contributed by atoms with van der Waals surface area (Å²) in [5.74, 6) is -0.360. The fourth-order valence-electron chi connectivity index (χ4n) is 2.18. The third-order valence-electron chi connectivity index (χ3n) is 3.26. The second-order valence-electron chi connectivity index (χ2n) is 4.58. The number of aliphatic hydroxyl groups is 2. The average Bonchev–Trinajstić information content (AvgIpc) is 2.77. The second-order valence-corrected chi connectivity index (χ2v) is 4.58. The van der Waals surface area contributed by atoms with E-state index in [1.165, 1.54) is 30.1 Å². The summed E-state index contributed by atoms with van der Waals surface area (Å²) in [7, 11) is 1.47. The number of hydrogen-bond donors (Lipinski definition) is 3. The minimum absolute atomic E-state index is 0.0825. The van der Waals surface area contributed by atoms with Crippen LogP contribution in [0.25, 0.3) is 0 Å². The number of β-amino-alcohol motifs (C(OH)–C–C–N with tert-alkyl or cyclic N) is 2. The molecular formula is C12H15N3O5. The normalized spacial score (nSPS) is 21.9. The molecule has 1 amide bonds. The van der Waals surface area contributed by atoms with Crippen LogP contribution in [0.5, 0.6) is 0 Å². The summed E-state index contributed by atoms with van der Waals surface area (Å²) in [4.78, 5) is 23.6. The lowest BCUT2D eigenvalue weighted by molar-refractivity contribution is -0.384. The molecule has 20 heavy (non-hydrogen) atoms. The first-order chi connectivity index (χ1) is 9.43. The lowest BCUT2D eigenvalue weighted by Crippen LogP contribution is -2.23. The third-order valence-corrected chi connectivity index (χ3v) is 3.26. The second kappa shape index (κ2) is 5.43. The van der Waals surface area contributed by atoms with Gasteiger partial charge in [-0.15, -0.1) is 0 Å². The Morgan fingerprint density at radius 3 is 2.50 bits per heavy atom. The van der Waals surface area contributed by atoms with Crippen LogP contribution in [0.15, 0.2) is 18.2 Å². The Morgan fingerprint density at radius 1 is 1.40 bits per heavy atom. The summed E-state index contributed by atoms with van der Waals surface area (Å²) in [6.07, 6.45) is -1.92. The first-order valence-electron chi connectivity index (χ1n) is 6.05. The van der Waals surface area contributed by atoms with E-state index >= 15 is 0 Å². The Balaban J connectivity index is 2.42. The molecule has 1 saturated heterocycles. The molecule has 2 atom stereocenters. The van der Waals surface area contributed by atoms with Gasteiger partial charge in [0.2, 0.25) is 0 Å². The van der Waals surface area contributed by atoms with Crippen molar-refractivity contribution in [2.45, 2.75) is 12.2 Å². The smallest absolute Gasteiger partial charge is 0.292 e. The summed E-state index contributed by atoms with van der Waals surface area (Å²) >= 11 is 0. The quantitative estimate of drug-likeness (QED) is 0.508. The van der Waals surface area contributed by atoms with Gasteiger partial charge in [-0.05, 0) is 12.1 Å². The van der Waals surface area contributed by atoms with Crippen molar-refractivity contribution in [2.75, 3.05) is 25.0 Å². The summed E-state index contributed by atoms with van der Waals surface area (Å²) in [6.45, 7) is 0.165. The number of nitro benzene ring substituents is 1. The molecule has 8 heteroatoms. The summed E-state index contributed by atoms with van der Waals surface area (Å²) < 4.78 is 0. The molecule has 0 radical (unpaired) electrons. The fraction of sp³-hybridized carbons (Fsp3) is 0.417. The van der Waals surface area contributed by atoms with E-state index in [0.717, 1.165) is 0 Å². The summed E-state index contributed by atoms with van der Waals surface area (Å²) in [6, 6.07) is 4.00. The number of nitrogens with zero attached hydrogens (tertiary/aromatic N) is 2. The van der Waals surface area contributed by atoms with Crippen molar-refractivity contribution in [2.24, 2.45) is 0 Å². The maximum absolute atomic E-state index is 11.6. The number of carbonyl (C=O) groups excluding carboxylic acids is 1. The Hall–Kier alpha value is -2.19. The van der Waals surface area contributed by atoms with E-state index in [4.69, 9.17) is 0 Å². The van der Waals surface area contributed by atoms with Crippen LogP contribution < -0.4 is 10.2 Å². The van der Waals surface area contributed by atoms with Crippen LogP contribution in [-0.2, 0) is 0 Å². The minimum Gasteiger partial charge on any atom is -0.389 e. The van der Waals surface area contributed by atoms with Crippen molar-refractivity contribution in [1.82, 2.24) is 5.32 Å². The molecule has 1 aliphatic heterocycles. The first-order valence-corrected chi connectivity index (χ1v) is 6.05. The van der Waals surface area contributed by atoms with E-state index in [-0.39, 0.29) is 35.9 Å². The largest absolute Gasteiger partial charge is 0.389 e. The topological polar surface area (TPSA) is 116 Å². The van der Waals surface area contributed by atoms with Crippen LogP contribution in [0.1, 0.15) is 10.4 Å². The highest BCUT2D eigenvalue weighted by Gasteiger charge is 2.33. The van der Waals surface area contributed by atoms with E-state index in [2.05, 4.69) is 5.32 Å². The van der Waals surface area contributed by atoms with Crippen molar-refractivity contribution >= 4 is 17.3 Å². The first kappa shape index (κ1) is 14.2. The SMILES string of the molecule is CNC(=O)c1ccc([N+](=O)[O-])c(N2CC(O)C(O)C2)c1. The van der Waals surface area contributed by atoms with Crippen molar-refractivity contribution < 1.29 is 19.9 Å². The molecule has 1 aromatic rings. The van der Waals surface area contributed by atoms with Crippen LogP contribution >= 0.6 is 0 Å². The number of anilines is 1. The highest BCUT2D eigenvalue weighted by Crippen LogP contribution is 2.31. The minimum atomic E-state index is -0.960. The third kappa shape index (κ3) is 2.56. The number of nitro groups is 1. The van der Waals surface area contributed by atoms with E-state index in [1.54, 1.807) is 0 Å². The Kier molecular flexibility index (Phi) is 3.86. The highest BCUT2D eigenvalue weighted by molar-refractivity contribution is 5.95. The van der Waals surface area contributed by atoms with Gasteiger partial charge in [-0.3, -0.25) is 14.9 Å². The molecule has 1 aromatic carbocycles. The predicted octanol–water partition coefficient (Wildman–Crippen LogP) is -0.504. The van der Waals surface area contributed by atoms with Gasteiger partial charge < -0.3 is 20.4 Å². The molecule has 108 valence electrons. The Labute approximate surface area is 114 Å². The van der Waals surface area contributed by atoms with E-state index in [9.17, 15) is 25.1 Å². The predicted molar refractivity (Wildman–Crippen MR) is 70.7 cm³/mol. The maximum Gasteiger partial charge on any atom is 0.292 e. The highest BCUT2D eigenvalue weighted by atomic mass is 16.6. The Bertz CT molecular complexity index is 538.